The van der Waals surface area contributed by atoms with Crippen molar-refractivity contribution in [1.82, 2.24) is 19.7 Å². The second-order valence-electron chi connectivity index (χ2n) is 8.68. The van der Waals surface area contributed by atoms with E-state index in [0.717, 1.165) is 43.6 Å². The van der Waals surface area contributed by atoms with Gasteiger partial charge in [0, 0.05) is 56.3 Å². The monoisotopic (exact) mass is 413 g/mol. The first kappa shape index (κ1) is 18.3. The third-order valence-electron chi connectivity index (χ3n) is 6.42. The maximum Gasteiger partial charge on any atom is 0.229 e. The molecule has 5 rings (SSSR count). The van der Waals surface area contributed by atoms with Crippen LogP contribution >= 0.6 is 11.6 Å². The lowest BCUT2D eigenvalue weighted by atomic mass is 9.71. The van der Waals surface area contributed by atoms with Crippen molar-refractivity contribution in [2.45, 2.75) is 13.8 Å². The van der Waals surface area contributed by atoms with Crippen LogP contribution in [0.1, 0.15) is 13.8 Å². The number of furan rings is 1. The van der Waals surface area contributed by atoms with Crippen LogP contribution in [0.4, 0.5) is 23.3 Å². The maximum absolute atomic E-state index is 6.50. The van der Waals surface area contributed by atoms with E-state index in [-0.39, 0.29) is 10.8 Å². The molecule has 3 aromatic heterocycles. The van der Waals surface area contributed by atoms with E-state index in [0.29, 0.717) is 11.0 Å². The highest BCUT2D eigenvalue weighted by Gasteiger charge is 2.58. The van der Waals surface area contributed by atoms with Crippen LogP contribution < -0.4 is 15.1 Å². The molecule has 0 unspecified atom stereocenters. The molecule has 3 aromatic rings. The SMILES string of the molecule is Cn1cc(Nc2ncc(Cl)c(N3C[C@]4(C)CN(c5ccco5)C[C@]4(C)C3)n2)cn1. The molecule has 0 aliphatic carbocycles. The van der Waals surface area contributed by atoms with Gasteiger partial charge in [-0.1, -0.05) is 25.4 Å². The smallest absolute Gasteiger partial charge is 0.229 e. The van der Waals surface area contributed by atoms with E-state index in [9.17, 15) is 0 Å². The molecule has 0 bridgehead atoms. The lowest BCUT2D eigenvalue weighted by Crippen LogP contribution is -2.34. The lowest BCUT2D eigenvalue weighted by molar-refractivity contribution is 0.212. The van der Waals surface area contributed by atoms with Gasteiger partial charge in [-0.05, 0) is 6.07 Å². The summed E-state index contributed by atoms with van der Waals surface area (Å²) in [5.41, 5.74) is 1.04. The standard InChI is InChI=1S/C20H24ClN7O/c1-19-10-27(16-5-4-6-29-16)11-20(19,2)13-28(12-19)17-15(21)8-22-18(25-17)24-14-7-23-26(3)9-14/h4-9H,10-13H2,1-3H3,(H,22,24,25)/t19-,20+. The number of nitrogens with one attached hydrogen (secondary N) is 1. The fraction of sp³-hybridized carbons (Fsp3) is 0.450. The Morgan fingerprint density at radius 3 is 2.45 bits per heavy atom. The van der Waals surface area contributed by atoms with Crippen molar-refractivity contribution in [3.05, 3.63) is 42.0 Å². The fourth-order valence-electron chi connectivity index (χ4n) is 4.67. The van der Waals surface area contributed by atoms with Crippen LogP contribution in [0.5, 0.6) is 0 Å². The number of nitrogens with zero attached hydrogens (tertiary/aromatic N) is 6. The zero-order chi connectivity index (χ0) is 20.2. The molecule has 2 aliphatic rings. The molecule has 1 N–H and O–H groups in total. The molecule has 5 heterocycles. The maximum atomic E-state index is 6.50. The minimum absolute atomic E-state index is 0.102. The van der Waals surface area contributed by atoms with Gasteiger partial charge in [0.15, 0.2) is 11.7 Å². The molecule has 2 saturated heterocycles. The molecule has 8 nitrogen and oxygen atoms in total. The number of rotatable bonds is 4. The Bertz CT molecular complexity index is 1020. The Labute approximate surface area is 174 Å². The van der Waals surface area contributed by atoms with Crippen LogP contribution in [0.25, 0.3) is 0 Å². The first-order chi connectivity index (χ1) is 13.9. The van der Waals surface area contributed by atoms with Gasteiger partial charge in [-0.2, -0.15) is 10.1 Å². The predicted octanol–water partition coefficient (Wildman–Crippen LogP) is 3.55. The summed E-state index contributed by atoms with van der Waals surface area (Å²) < 4.78 is 7.36. The highest BCUT2D eigenvalue weighted by Crippen LogP contribution is 2.53. The molecule has 0 amide bonds. The second kappa shape index (κ2) is 6.38. The van der Waals surface area contributed by atoms with Gasteiger partial charge in [0.05, 0.1) is 24.3 Å². The third kappa shape index (κ3) is 3.02. The molecule has 29 heavy (non-hydrogen) atoms. The van der Waals surface area contributed by atoms with E-state index in [1.807, 2.05) is 25.4 Å². The van der Waals surface area contributed by atoms with Crippen LogP contribution in [0.3, 0.4) is 0 Å². The van der Waals surface area contributed by atoms with Crippen LogP contribution in [-0.4, -0.2) is 45.9 Å². The predicted molar refractivity (Wildman–Crippen MR) is 113 cm³/mol. The summed E-state index contributed by atoms with van der Waals surface area (Å²) in [5, 5.41) is 7.93. The second-order valence-corrected chi connectivity index (χ2v) is 9.08. The molecule has 0 aromatic carbocycles. The summed E-state index contributed by atoms with van der Waals surface area (Å²) in [6, 6.07) is 3.97. The average Bonchev–Trinajstić information content (AvgIpc) is 3.40. The van der Waals surface area contributed by atoms with E-state index >= 15 is 0 Å². The van der Waals surface area contributed by atoms with Gasteiger partial charge >= 0.3 is 0 Å². The largest absolute Gasteiger partial charge is 0.449 e. The van der Waals surface area contributed by atoms with E-state index in [4.69, 9.17) is 21.0 Å². The minimum Gasteiger partial charge on any atom is -0.449 e. The molecule has 2 fully saturated rings. The molecular weight excluding hydrogens is 390 g/mol. The quantitative estimate of drug-likeness (QED) is 0.700. The van der Waals surface area contributed by atoms with E-state index in [1.54, 1.807) is 23.3 Å². The summed E-state index contributed by atoms with van der Waals surface area (Å²) in [5.74, 6) is 2.23. The number of fused-ring (bicyclic) bond motifs is 1. The summed E-state index contributed by atoms with van der Waals surface area (Å²) in [4.78, 5) is 13.7. The Morgan fingerprint density at radius 1 is 1.10 bits per heavy atom. The molecule has 2 aliphatic heterocycles. The van der Waals surface area contributed by atoms with Crippen molar-refractivity contribution in [2.24, 2.45) is 17.9 Å². The first-order valence-electron chi connectivity index (χ1n) is 9.67. The average molecular weight is 414 g/mol. The van der Waals surface area contributed by atoms with Crippen molar-refractivity contribution < 1.29 is 4.42 Å². The van der Waals surface area contributed by atoms with Crippen molar-refractivity contribution in [2.75, 3.05) is 41.3 Å². The molecule has 0 radical (unpaired) electrons. The summed E-state index contributed by atoms with van der Waals surface area (Å²) in [6.45, 7) is 8.33. The summed E-state index contributed by atoms with van der Waals surface area (Å²) in [6.07, 6.45) is 7.01. The number of aromatic nitrogens is 4. The van der Waals surface area contributed by atoms with E-state index in [1.165, 1.54) is 0 Å². The Hall–Kier alpha value is -2.74. The molecule has 0 spiro atoms. The number of aryl methyl sites for hydroxylation is 1. The van der Waals surface area contributed by atoms with Gasteiger partial charge in [0.1, 0.15) is 5.02 Å². The Balaban J connectivity index is 1.38. The van der Waals surface area contributed by atoms with Crippen molar-refractivity contribution in [3.63, 3.8) is 0 Å². The molecular formula is C20H24ClN7O. The normalized spacial score (nSPS) is 26.2. The Kier molecular flexibility index (Phi) is 4.03. The zero-order valence-corrected chi connectivity index (χ0v) is 17.5. The van der Waals surface area contributed by atoms with Crippen LogP contribution in [0.2, 0.25) is 5.02 Å². The van der Waals surface area contributed by atoms with Crippen LogP contribution in [0, 0.1) is 10.8 Å². The topological polar surface area (TPSA) is 75.2 Å². The number of halogens is 1. The third-order valence-corrected chi connectivity index (χ3v) is 6.69. The van der Waals surface area contributed by atoms with Crippen molar-refractivity contribution >= 4 is 34.9 Å². The lowest BCUT2D eigenvalue weighted by Gasteiger charge is -2.29. The highest BCUT2D eigenvalue weighted by molar-refractivity contribution is 6.32. The molecule has 152 valence electrons. The van der Waals surface area contributed by atoms with Gasteiger partial charge in [0.2, 0.25) is 5.95 Å². The zero-order valence-electron chi connectivity index (χ0n) is 16.8. The first-order valence-corrected chi connectivity index (χ1v) is 10.0. The van der Waals surface area contributed by atoms with E-state index < -0.39 is 0 Å². The highest BCUT2D eigenvalue weighted by atomic mass is 35.5. The van der Waals surface area contributed by atoms with E-state index in [2.05, 4.69) is 39.0 Å². The van der Waals surface area contributed by atoms with Crippen molar-refractivity contribution in [1.29, 1.82) is 0 Å². The van der Waals surface area contributed by atoms with Gasteiger partial charge in [-0.25, -0.2) is 4.98 Å². The van der Waals surface area contributed by atoms with Crippen LogP contribution in [-0.2, 0) is 7.05 Å². The Morgan fingerprint density at radius 2 is 1.83 bits per heavy atom. The molecule has 2 atom stereocenters. The minimum atomic E-state index is 0.102. The number of anilines is 4. The number of hydrogen-bond acceptors (Lipinski definition) is 7. The van der Waals surface area contributed by atoms with Crippen LogP contribution in [0.15, 0.2) is 41.4 Å². The fourth-order valence-corrected chi connectivity index (χ4v) is 4.88. The van der Waals surface area contributed by atoms with Gasteiger partial charge in [-0.15, -0.1) is 0 Å². The molecule has 9 heteroatoms. The summed E-state index contributed by atoms with van der Waals surface area (Å²) in [7, 11) is 1.87. The van der Waals surface area contributed by atoms with Crippen molar-refractivity contribution in [3.8, 4) is 0 Å². The van der Waals surface area contributed by atoms with Gasteiger partial charge in [0.25, 0.3) is 0 Å². The molecule has 0 saturated carbocycles. The summed E-state index contributed by atoms with van der Waals surface area (Å²) >= 11 is 6.50. The number of hydrogen-bond donors (Lipinski definition) is 1. The van der Waals surface area contributed by atoms with Gasteiger partial charge < -0.3 is 19.5 Å². The van der Waals surface area contributed by atoms with Gasteiger partial charge in [-0.3, -0.25) is 4.68 Å².